The van der Waals surface area contributed by atoms with E-state index in [-0.39, 0.29) is 5.91 Å². The van der Waals surface area contributed by atoms with Gasteiger partial charge in [0.2, 0.25) is 0 Å². The Morgan fingerprint density at radius 3 is 2.44 bits per heavy atom. The van der Waals surface area contributed by atoms with Gasteiger partial charge >= 0.3 is 0 Å². The molecule has 0 saturated heterocycles. The molecule has 32 heavy (non-hydrogen) atoms. The van der Waals surface area contributed by atoms with Gasteiger partial charge in [0.05, 0.1) is 11.0 Å². The highest BCUT2D eigenvalue weighted by molar-refractivity contribution is 6.11. The van der Waals surface area contributed by atoms with E-state index in [0.29, 0.717) is 48.2 Å². The molecule has 1 amide bonds. The summed E-state index contributed by atoms with van der Waals surface area (Å²) < 4.78 is 7.16. The Labute approximate surface area is 187 Å². The molecular formula is C25H29N5O2. The van der Waals surface area contributed by atoms with Gasteiger partial charge in [-0.05, 0) is 49.1 Å². The molecule has 166 valence electrons. The Balaban J connectivity index is 1.81. The highest BCUT2D eigenvalue weighted by Crippen LogP contribution is 2.31. The first-order chi connectivity index (χ1) is 15.5. The molecule has 0 atom stereocenters. The van der Waals surface area contributed by atoms with Crippen molar-refractivity contribution in [2.45, 2.75) is 33.1 Å². The fourth-order valence-corrected chi connectivity index (χ4v) is 3.76. The predicted molar refractivity (Wildman–Crippen MR) is 128 cm³/mol. The highest BCUT2D eigenvalue weighted by atomic mass is 16.5. The first-order valence-corrected chi connectivity index (χ1v) is 11.0. The summed E-state index contributed by atoms with van der Waals surface area (Å²) in [4.78, 5) is 22.7. The number of nitrogens with two attached hydrogens (primary N) is 1. The molecule has 0 spiro atoms. The molecular weight excluding hydrogens is 402 g/mol. The van der Waals surface area contributed by atoms with Crippen molar-refractivity contribution in [1.82, 2.24) is 19.9 Å². The molecule has 0 aliphatic rings. The second kappa shape index (κ2) is 9.36. The first-order valence-electron chi connectivity index (χ1n) is 11.0. The Morgan fingerprint density at radius 1 is 1.09 bits per heavy atom. The largest absolute Gasteiger partial charge is 0.384 e. The van der Waals surface area contributed by atoms with E-state index in [9.17, 15) is 4.79 Å². The number of fused-ring (bicyclic) bond motifs is 2. The third-order valence-electron chi connectivity index (χ3n) is 5.50. The van der Waals surface area contributed by atoms with E-state index in [1.165, 1.54) is 5.56 Å². The van der Waals surface area contributed by atoms with Crippen LogP contribution in [0, 0.1) is 0 Å². The van der Waals surface area contributed by atoms with E-state index in [1.54, 1.807) is 0 Å². The lowest BCUT2D eigenvalue weighted by Crippen LogP contribution is -2.26. The van der Waals surface area contributed by atoms with E-state index >= 15 is 0 Å². The van der Waals surface area contributed by atoms with Gasteiger partial charge in [-0.25, -0.2) is 9.97 Å². The molecule has 0 fully saturated rings. The van der Waals surface area contributed by atoms with Crippen molar-refractivity contribution < 1.29 is 9.53 Å². The number of rotatable bonds is 8. The van der Waals surface area contributed by atoms with Gasteiger partial charge in [-0.2, -0.15) is 0 Å². The van der Waals surface area contributed by atoms with Crippen LogP contribution in [-0.4, -0.2) is 40.2 Å². The topological polar surface area (TPSA) is 95.1 Å². The van der Waals surface area contributed by atoms with Gasteiger partial charge < -0.3 is 15.8 Å². The zero-order valence-electron chi connectivity index (χ0n) is 18.8. The monoisotopic (exact) mass is 431 g/mol. The molecule has 4 aromatic rings. The SMILES string of the molecule is CCOCCCNC(=O)c1c(N)n(-c2ccc(C(C)C)cc2)c2nc3ccccc3nc12. The summed E-state index contributed by atoms with van der Waals surface area (Å²) in [6.45, 7) is 8.01. The molecule has 0 saturated carbocycles. The lowest BCUT2D eigenvalue weighted by atomic mass is 10.0. The minimum atomic E-state index is -0.258. The molecule has 4 rings (SSSR count). The lowest BCUT2D eigenvalue weighted by molar-refractivity contribution is 0.0946. The van der Waals surface area contributed by atoms with Gasteiger partial charge in [-0.3, -0.25) is 9.36 Å². The smallest absolute Gasteiger partial charge is 0.257 e. The number of anilines is 1. The summed E-state index contributed by atoms with van der Waals surface area (Å²) in [5.41, 5.74) is 11.5. The third kappa shape index (κ3) is 4.16. The molecule has 0 aliphatic carbocycles. The van der Waals surface area contributed by atoms with Crippen LogP contribution in [0.5, 0.6) is 0 Å². The van der Waals surface area contributed by atoms with Crippen LogP contribution in [0.25, 0.3) is 27.9 Å². The van der Waals surface area contributed by atoms with Crippen LogP contribution in [0.4, 0.5) is 5.82 Å². The average Bonchev–Trinajstić information content (AvgIpc) is 3.08. The zero-order valence-corrected chi connectivity index (χ0v) is 18.8. The molecule has 2 aromatic carbocycles. The maximum atomic E-state index is 13.1. The normalized spacial score (nSPS) is 11.5. The molecule has 0 bridgehead atoms. The zero-order chi connectivity index (χ0) is 22.7. The van der Waals surface area contributed by atoms with Crippen LogP contribution in [-0.2, 0) is 4.74 Å². The van der Waals surface area contributed by atoms with Crippen LogP contribution in [0.3, 0.4) is 0 Å². The number of para-hydroxylation sites is 2. The molecule has 7 heteroatoms. The Kier molecular flexibility index (Phi) is 6.37. The van der Waals surface area contributed by atoms with Crippen molar-refractivity contribution in [3.05, 3.63) is 59.7 Å². The minimum Gasteiger partial charge on any atom is -0.384 e. The van der Waals surface area contributed by atoms with E-state index in [0.717, 1.165) is 23.1 Å². The number of nitrogen functional groups attached to an aromatic ring is 1. The fraction of sp³-hybridized carbons (Fsp3) is 0.320. The first kappa shape index (κ1) is 21.8. The quantitative estimate of drug-likeness (QED) is 0.402. The third-order valence-corrected chi connectivity index (χ3v) is 5.50. The molecule has 2 heterocycles. The number of benzene rings is 2. The summed E-state index contributed by atoms with van der Waals surface area (Å²) in [5.74, 6) is 0.491. The van der Waals surface area contributed by atoms with Gasteiger partial charge in [-0.15, -0.1) is 0 Å². The number of carbonyl (C=O) groups excluding carboxylic acids is 1. The summed E-state index contributed by atoms with van der Waals surface area (Å²) >= 11 is 0. The van der Waals surface area contributed by atoms with Crippen LogP contribution < -0.4 is 11.1 Å². The maximum Gasteiger partial charge on any atom is 0.257 e. The minimum absolute atomic E-state index is 0.258. The number of amides is 1. The fourth-order valence-electron chi connectivity index (χ4n) is 3.76. The van der Waals surface area contributed by atoms with Crippen molar-refractivity contribution in [2.75, 3.05) is 25.5 Å². The van der Waals surface area contributed by atoms with Crippen LogP contribution in [0.2, 0.25) is 0 Å². The second-order valence-corrected chi connectivity index (χ2v) is 8.03. The van der Waals surface area contributed by atoms with Gasteiger partial charge in [0.25, 0.3) is 5.91 Å². The molecule has 0 radical (unpaired) electrons. The van der Waals surface area contributed by atoms with E-state index in [1.807, 2.05) is 47.9 Å². The number of nitrogens with one attached hydrogen (secondary N) is 1. The summed E-state index contributed by atoms with van der Waals surface area (Å²) in [6, 6.07) is 15.8. The lowest BCUT2D eigenvalue weighted by Gasteiger charge is -2.11. The van der Waals surface area contributed by atoms with Crippen molar-refractivity contribution in [3.8, 4) is 5.69 Å². The van der Waals surface area contributed by atoms with E-state index in [4.69, 9.17) is 20.4 Å². The van der Waals surface area contributed by atoms with E-state index < -0.39 is 0 Å². The average molecular weight is 432 g/mol. The van der Waals surface area contributed by atoms with Crippen molar-refractivity contribution in [3.63, 3.8) is 0 Å². The Hall–Kier alpha value is -3.45. The van der Waals surface area contributed by atoms with Crippen LogP contribution in [0.15, 0.2) is 48.5 Å². The highest BCUT2D eigenvalue weighted by Gasteiger charge is 2.24. The molecule has 7 nitrogen and oxygen atoms in total. The van der Waals surface area contributed by atoms with Gasteiger partial charge in [0.15, 0.2) is 5.65 Å². The van der Waals surface area contributed by atoms with Gasteiger partial charge in [0.1, 0.15) is 16.9 Å². The Morgan fingerprint density at radius 2 is 1.78 bits per heavy atom. The van der Waals surface area contributed by atoms with Crippen molar-refractivity contribution in [2.24, 2.45) is 0 Å². The standard InChI is InChI=1S/C25H29N5O2/c1-4-32-15-7-14-27-25(31)21-22-24(29-20-9-6-5-8-19(20)28-22)30(23(21)26)18-12-10-17(11-13-18)16(2)3/h5-6,8-13,16H,4,7,14-15,26H2,1-3H3,(H,27,31). The second-order valence-electron chi connectivity index (χ2n) is 8.03. The number of aromatic nitrogens is 3. The number of nitrogens with zero attached hydrogens (tertiary/aromatic N) is 3. The predicted octanol–water partition coefficient (Wildman–Crippen LogP) is 4.44. The van der Waals surface area contributed by atoms with Crippen molar-refractivity contribution >= 4 is 33.9 Å². The molecule has 0 aliphatic heterocycles. The van der Waals surface area contributed by atoms with E-state index in [2.05, 4.69) is 31.3 Å². The van der Waals surface area contributed by atoms with Crippen LogP contribution in [0.1, 0.15) is 49.0 Å². The maximum absolute atomic E-state index is 13.1. The van der Waals surface area contributed by atoms with Gasteiger partial charge in [-0.1, -0.05) is 38.1 Å². The summed E-state index contributed by atoms with van der Waals surface area (Å²) in [5, 5.41) is 2.95. The number of hydrogen-bond donors (Lipinski definition) is 2. The summed E-state index contributed by atoms with van der Waals surface area (Å²) in [6.07, 6.45) is 0.726. The molecule has 3 N–H and O–H groups in total. The number of carbonyl (C=O) groups is 1. The van der Waals surface area contributed by atoms with Crippen LogP contribution >= 0.6 is 0 Å². The number of hydrogen-bond acceptors (Lipinski definition) is 5. The number of ether oxygens (including phenoxy) is 1. The Bertz CT molecular complexity index is 1240. The summed E-state index contributed by atoms with van der Waals surface area (Å²) in [7, 11) is 0. The molecule has 0 unspecified atom stereocenters. The van der Waals surface area contributed by atoms with Gasteiger partial charge in [0, 0.05) is 25.4 Å². The van der Waals surface area contributed by atoms with Crippen molar-refractivity contribution in [1.29, 1.82) is 0 Å². The molecule has 2 aromatic heterocycles.